The maximum Gasteiger partial charge on any atom is 0.334 e. The summed E-state index contributed by atoms with van der Waals surface area (Å²) in [5, 5.41) is 11.8. The number of aliphatic hydroxyl groups is 1. The van der Waals surface area contributed by atoms with Crippen LogP contribution in [-0.4, -0.2) is 47.4 Å². The van der Waals surface area contributed by atoms with Crippen molar-refractivity contribution >= 4 is 17.9 Å². The van der Waals surface area contributed by atoms with Gasteiger partial charge in [0.15, 0.2) is 0 Å². The Morgan fingerprint density at radius 1 is 1.21 bits per heavy atom. The quantitative estimate of drug-likeness (QED) is 0.385. The van der Waals surface area contributed by atoms with E-state index >= 15 is 0 Å². The molecule has 0 aromatic heterocycles. The third kappa shape index (κ3) is 4.79. The van der Waals surface area contributed by atoms with Gasteiger partial charge in [0.25, 0.3) is 0 Å². The molecule has 3 rings (SSSR count). The molecule has 3 unspecified atom stereocenters. The molecule has 7 heteroatoms. The maximum atomic E-state index is 12.6. The molecular weight excluding hydrogens is 424 g/mol. The van der Waals surface area contributed by atoms with Crippen molar-refractivity contribution in [1.29, 1.82) is 0 Å². The standard InChI is InChI=1S/C26H36O7/c1-7-8-21(28)33-20-11-9-14(2)13-18-22(16(4)25(30)32-18)24(29)23-15(3)10-12-19(26(20,23)6)31-17(5)27/h10,13,18-20,23-24,29H,7-9,11-12H2,1-6H3/b14-13-/t18?,19?,20-,23?,24+,26-/m1/s1. The number of hydrogen-bond donors (Lipinski definition) is 1. The number of fused-ring (bicyclic) bond motifs is 2. The van der Waals surface area contributed by atoms with E-state index in [-0.39, 0.29) is 12.4 Å². The maximum absolute atomic E-state index is 12.6. The highest BCUT2D eigenvalue weighted by Crippen LogP contribution is 2.52. The number of hydrogen-bond acceptors (Lipinski definition) is 7. The van der Waals surface area contributed by atoms with Gasteiger partial charge in [-0.05, 0) is 46.1 Å². The van der Waals surface area contributed by atoms with Crippen molar-refractivity contribution in [2.45, 2.75) is 98.1 Å². The number of carbonyl (C=O) groups is 3. The molecule has 0 spiro atoms. The Morgan fingerprint density at radius 2 is 1.91 bits per heavy atom. The zero-order valence-corrected chi connectivity index (χ0v) is 20.5. The summed E-state index contributed by atoms with van der Waals surface area (Å²) in [4.78, 5) is 37.1. The van der Waals surface area contributed by atoms with Gasteiger partial charge in [-0.3, -0.25) is 9.59 Å². The molecule has 182 valence electrons. The molecule has 7 nitrogen and oxygen atoms in total. The lowest BCUT2D eigenvalue weighted by molar-refractivity contribution is -0.185. The van der Waals surface area contributed by atoms with E-state index in [4.69, 9.17) is 14.2 Å². The average Bonchev–Trinajstić information content (AvgIpc) is 2.99. The summed E-state index contributed by atoms with van der Waals surface area (Å²) in [6.45, 7) is 10.7. The molecule has 0 fully saturated rings. The minimum absolute atomic E-state index is 0.288. The minimum atomic E-state index is -1.07. The van der Waals surface area contributed by atoms with Gasteiger partial charge in [0.1, 0.15) is 18.3 Å². The SMILES string of the molecule is CCCC(=O)O[C@@H]1CC/C(C)=C\C2OC(=O)C(C)=C2[C@H](O)C2C(C)=CCC(OC(C)=O)[C@@]21C. The van der Waals surface area contributed by atoms with Crippen LogP contribution in [0.1, 0.15) is 73.6 Å². The Labute approximate surface area is 195 Å². The van der Waals surface area contributed by atoms with E-state index in [0.717, 1.165) is 11.1 Å². The number of ether oxygens (including phenoxy) is 3. The third-order valence-electron chi connectivity index (χ3n) is 7.39. The van der Waals surface area contributed by atoms with Crippen LogP contribution in [0.3, 0.4) is 0 Å². The molecule has 2 aliphatic carbocycles. The summed E-state index contributed by atoms with van der Waals surface area (Å²) in [6.07, 6.45) is 3.44. The normalized spacial score (nSPS) is 36.0. The third-order valence-corrected chi connectivity index (χ3v) is 7.39. The van der Waals surface area contributed by atoms with Gasteiger partial charge in [0.2, 0.25) is 0 Å². The van der Waals surface area contributed by atoms with Crippen molar-refractivity contribution in [2.75, 3.05) is 0 Å². The summed E-state index contributed by atoms with van der Waals surface area (Å²) < 4.78 is 17.4. The average molecular weight is 461 g/mol. The van der Waals surface area contributed by atoms with E-state index in [9.17, 15) is 19.5 Å². The van der Waals surface area contributed by atoms with Crippen molar-refractivity contribution in [3.8, 4) is 0 Å². The first-order valence-electron chi connectivity index (χ1n) is 11.8. The minimum Gasteiger partial charge on any atom is -0.462 e. The van der Waals surface area contributed by atoms with E-state index in [0.29, 0.717) is 36.8 Å². The molecule has 1 aliphatic heterocycles. The number of allylic oxidation sites excluding steroid dienone is 1. The Morgan fingerprint density at radius 3 is 2.55 bits per heavy atom. The highest BCUT2D eigenvalue weighted by molar-refractivity contribution is 5.92. The predicted molar refractivity (Wildman–Crippen MR) is 122 cm³/mol. The van der Waals surface area contributed by atoms with Crippen molar-refractivity contribution < 1.29 is 33.7 Å². The van der Waals surface area contributed by atoms with Crippen molar-refractivity contribution in [1.82, 2.24) is 0 Å². The topological polar surface area (TPSA) is 99.1 Å². The second-order valence-electron chi connectivity index (χ2n) is 9.76. The van der Waals surface area contributed by atoms with Crippen LogP contribution in [0.5, 0.6) is 0 Å². The molecule has 33 heavy (non-hydrogen) atoms. The molecule has 0 saturated carbocycles. The Hall–Kier alpha value is -2.41. The molecule has 1 N–H and O–H groups in total. The lowest BCUT2D eigenvalue weighted by atomic mass is 9.58. The first-order valence-corrected chi connectivity index (χ1v) is 11.8. The van der Waals surface area contributed by atoms with Crippen LogP contribution in [0, 0.1) is 11.3 Å². The van der Waals surface area contributed by atoms with Gasteiger partial charge in [0.05, 0.1) is 11.5 Å². The molecule has 0 radical (unpaired) electrons. The molecule has 6 atom stereocenters. The van der Waals surface area contributed by atoms with Gasteiger partial charge in [0, 0.05) is 36.8 Å². The summed E-state index contributed by atoms with van der Waals surface area (Å²) in [5.74, 6) is -1.72. The fourth-order valence-electron chi connectivity index (χ4n) is 5.65. The van der Waals surface area contributed by atoms with Crippen molar-refractivity contribution in [3.63, 3.8) is 0 Å². The van der Waals surface area contributed by atoms with Crippen LogP contribution in [-0.2, 0) is 28.6 Å². The Bertz CT molecular complexity index is 912. The first-order chi connectivity index (χ1) is 15.5. The summed E-state index contributed by atoms with van der Waals surface area (Å²) in [7, 11) is 0. The molecule has 0 aromatic carbocycles. The molecular formula is C26H36O7. The Kier molecular flexibility index (Phi) is 7.52. The number of carbonyl (C=O) groups excluding carboxylic acids is 3. The lowest BCUT2D eigenvalue weighted by Crippen LogP contribution is -2.57. The second kappa shape index (κ2) is 9.84. The highest BCUT2D eigenvalue weighted by atomic mass is 16.6. The van der Waals surface area contributed by atoms with E-state index < -0.39 is 47.7 Å². The predicted octanol–water partition coefficient (Wildman–Crippen LogP) is 3.95. The number of rotatable bonds is 4. The second-order valence-corrected chi connectivity index (χ2v) is 9.76. The van der Waals surface area contributed by atoms with Gasteiger partial charge in [-0.15, -0.1) is 0 Å². The van der Waals surface area contributed by atoms with Crippen LogP contribution >= 0.6 is 0 Å². The fraction of sp³-hybridized carbons (Fsp3) is 0.654. The van der Waals surface area contributed by atoms with Crippen molar-refractivity contribution in [3.05, 3.63) is 34.4 Å². The molecule has 0 amide bonds. The molecule has 0 aromatic rings. The number of aliphatic hydroxyl groups excluding tert-OH is 1. The van der Waals surface area contributed by atoms with Gasteiger partial charge in [-0.25, -0.2) is 4.79 Å². The van der Waals surface area contributed by atoms with Gasteiger partial charge in [-0.1, -0.05) is 31.1 Å². The monoisotopic (exact) mass is 460 g/mol. The summed E-state index contributed by atoms with van der Waals surface area (Å²) in [5.41, 5.74) is 1.88. The summed E-state index contributed by atoms with van der Waals surface area (Å²) >= 11 is 0. The zero-order valence-electron chi connectivity index (χ0n) is 20.5. The largest absolute Gasteiger partial charge is 0.462 e. The van der Waals surface area contributed by atoms with Crippen LogP contribution in [0.4, 0.5) is 0 Å². The molecule has 1 heterocycles. The van der Waals surface area contributed by atoms with E-state index in [1.807, 2.05) is 39.8 Å². The van der Waals surface area contributed by atoms with Crippen LogP contribution < -0.4 is 0 Å². The van der Waals surface area contributed by atoms with Gasteiger partial charge in [-0.2, -0.15) is 0 Å². The van der Waals surface area contributed by atoms with E-state index in [1.54, 1.807) is 6.92 Å². The number of esters is 3. The fourth-order valence-corrected chi connectivity index (χ4v) is 5.65. The van der Waals surface area contributed by atoms with E-state index in [2.05, 4.69) is 0 Å². The zero-order chi connectivity index (χ0) is 24.5. The smallest absolute Gasteiger partial charge is 0.334 e. The van der Waals surface area contributed by atoms with Crippen LogP contribution in [0.2, 0.25) is 0 Å². The highest BCUT2D eigenvalue weighted by Gasteiger charge is 2.57. The Balaban J connectivity index is 2.20. The lowest BCUT2D eigenvalue weighted by Gasteiger charge is -2.52. The molecule has 0 bridgehead atoms. The van der Waals surface area contributed by atoms with Crippen molar-refractivity contribution in [2.24, 2.45) is 11.3 Å². The van der Waals surface area contributed by atoms with E-state index in [1.165, 1.54) is 6.92 Å². The van der Waals surface area contributed by atoms with Crippen LogP contribution in [0.15, 0.2) is 34.4 Å². The molecule has 3 aliphatic rings. The van der Waals surface area contributed by atoms with Gasteiger partial charge < -0.3 is 19.3 Å². The first kappa shape index (κ1) is 25.2. The van der Waals surface area contributed by atoms with Crippen LogP contribution in [0.25, 0.3) is 0 Å². The molecule has 0 saturated heterocycles. The van der Waals surface area contributed by atoms with Gasteiger partial charge >= 0.3 is 17.9 Å². The summed E-state index contributed by atoms with van der Waals surface area (Å²) in [6, 6.07) is 0.